The molecule has 0 aromatic heterocycles. The van der Waals surface area contributed by atoms with Crippen LogP contribution in [0.5, 0.6) is 0 Å². The predicted molar refractivity (Wildman–Crippen MR) is 39.2 cm³/mol. The van der Waals surface area contributed by atoms with E-state index in [9.17, 15) is 4.79 Å². The van der Waals surface area contributed by atoms with E-state index in [-0.39, 0.29) is 12.0 Å². The van der Waals surface area contributed by atoms with E-state index < -0.39 is 0 Å². The van der Waals surface area contributed by atoms with Crippen LogP contribution < -0.4 is 5.32 Å². The van der Waals surface area contributed by atoms with Gasteiger partial charge in [-0.05, 0) is 20.8 Å². The molecular formula is C7H14NO2. The molecule has 3 heteroatoms. The van der Waals surface area contributed by atoms with Crippen molar-refractivity contribution in [2.75, 3.05) is 6.61 Å². The lowest BCUT2D eigenvalue weighted by Gasteiger charge is -2.09. The van der Waals surface area contributed by atoms with Crippen LogP contribution in [0.25, 0.3) is 0 Å². The topological polar surface area (TPSA) is 38.3 Å². The maximum absolute atomic E-state index is 10.8. The highest BCUT2D eigenvalue weighted by Gasteiger charge is 2.10. The quantitative estimate of drug-likeness (QED) is 0.590. The molecule has 0 aliphatic heterocycles. The van der Waals surface area contributed by atoms with Crippen LogP contribution in [-0.2, 0) is 9.53 Å². The molecule has 0 aliphatic rings. The van der Waals surface area contributed by atoms with Gasteiger partial charge < -0.3 is 10.1 Å². The van der Waals surface area contributed by atoms with E-state index in [2.05, 4.69) is 5.32 Å². The summed E-state index contributed by atoms with van der Waals surface area (Å²) < 4.78 is 4.73. The Morgan fingerprint density at radius 2 is 2.40 bits per heavy atom. The van der Waals surface area contributed by atoms with Crippen LogP contribution in [0.15, 0.2) is 0 Å². The molecule has 1 unspecified atom stereocenters. The molecule has 1 radical (unpaired) electrons. The highest BCUT2D eigenvalue weighted by atomic mass is 16.5. The molecule has 0 saturated heterocycles. The summed E-state index contributed by atoms with van der Waals surface area (Å²) in [7, 11) is 0. The van der Waals surface area contributed by atoms with Crippen molar-refractivity contribution in [2.45, 2.75) is 26.8 Å². The van der Waals surface area contributed by atoms with Crippen molar-refractivity contribution in [2.24, 2.45) is 0 Å². The molecule has 59 valence electrons. The Labute approximate surface area is 61.8 Å². The highest BCUT2D eigenvalue weighted by Crippen LogP contribution is 1.87. The van der Waals surface area contributed by atoms with E-state index in [1.54, 1.807) is 20.4 Å². The van der Waals surface area contributed by atoms with Crippen molar-refractivity contribution in [3.63, 3.8) is 0 Å². The van der Waals surface area contributed by atoms with Gasteiger partial charge in [-0.25, -0.2) is 0 Å². The summed E-state index contributed by atoms with van der Waals surface area (Å²) in [6, 6.07) is -0.232. The maximum Gasteiger partial charge on any atom is 0.322 e. The van der Waals surface area contributed by atoms with Gasteiger partial charge >= 0.3 is 5.97 Å². The Morgan fingerprint density at radius 1 is 1.80 bits per heavy atom. The fourth-order valence-electron chi connectivity index (χ4n) is 0.585. The first-order chi connectivity index (χ1) is 4.72. The number of ether oxygens (including phenoxy) is 1. The summed E-state index contributed by atoms with van der Waals surface area (Å²) in [5.41, 5.74) is 0. The van der Waals surface area contributed by atoms with Crippen LogP contribution in [0.1, 0.15) is 20.8 Å². The molecule has 10 heavy (non-hydrogen) atoms. The van der Waals surface area contributed by atoms with E-state index in [1.807, 2.05) is 6.92 Å². The second-order valence-electron chi connectivity index (χ2n) is 1.93. The molecule has 0 bridgehead atoms. The zero-order chi connectivity index (χ0) is 7.98. The molecule has 0 amide bonds. The van der Waals surface area contributed by atoms with Crippen molar-refractivity contribution in [1.82, 2.24) is 5.32 Å². The highest BCUT2D eigenvalue weighted by molar-refractivity contribution is 5.75. The largest absolute Gasteiger partial charge is 0.465 e. The van der Waals surface area contributed by atoms with Gasteiger partial charge in [-0.2, -0.15) is 0 Å². The second-order valence-corrected chi connectivity index (χ2v) is 1.93. The van der Waals surface area contributed by atoms with Gasteiger partial charge in [0, 0.05) is 6.54 Å². The average molecular weight is 144 g/mol. The first kappa shape index (κ1) is 9.43. The minimum atomic E-state index is -0.232. The third kappa shape index (κ3) is 3.45. The van der Waals surface area contributed by atoms with Crippen LogP contribution in [-0.4, -0.2) is 18.6 Å². The molecule has 1 N–H and O–H groups in total. The van der Waals surface area contributed by atoms with Gasteiger partial charge in [0.05, 0.1) is 6.61 Å². The van der Waals surface area contributed by atoms with Gasteiger partial charge in [-0.3, -0.25) is 4.79 Å². The normalized spacial score (nSPS) is 12.7. The molecule has 0 aromatic carbocycles. The Hall–Kier alpha value is -0.570. The molecule has 1 atom stereocenters. The number of carbonyl (C=O) groups excluding carboxylic acids is 1. The van der Waals surface area contributed by atoms with Crippen molar-refractivity contribution in [1.29, 1.82) is 0 Å². The SMILES string of the molecule is C[CH]NC(C)C(=O)OCC. The van der Waals surface area contributed by atoms with Crippen LogP contribution in [0.2, 0.25) is 0 Å². The number of carbonyl (C=O) groups is 1. The molecule has 0 heterocycles. The van der Waals surface area contributed by atoms with Crippen LogP contribution in [0.4, 0.5) is 0 Å². The minimum Gasteiger partial charge on any atom is -0.465 e. The smallest absolute Gasteiger partial charge is 0.322 e. The lowest BCUT2D eigenvalue weighted by Crippen LogP contribution is -2.32. The first-order valence-corrected chi connectivity index (χ1v) is 3.42. The van der Waals surface area contributed by atoms with Crippen molar-refractivity contribution >= 4 is 5.97 Å². The number of nitrogens with one attached hydrogen (secondary N) is 1. The lowest BCUT2D eigenvalue weighted by atomic mass is 10.3. The monoisotopic (exact) mass is 144 g/mol. The summed E-state index contributed by atoms with van der Waals surface area (Å²) in [5.74, 6) is -0.208. The number of esters is 1. The number of hydrogen-bond donors (Lipinski definition) is 1. The zero-order valence-electron chi connectivity index (χ0n) is 6.68. The predicted octanol–water partition coefficient (Wildman–Crippen LogP) is 0.709. The van der Waals surface area contributed by atoms with Gasteiger partial charge in [-0.1, -0.05) is 0 Å². The third-order valence-corrected chi connectivity index (χ3v) is 1.06. The van der Waals surface area contributed by atoms with Crippen LogP contribution >= 0.6 is 0 Å². The second kappa shape index (κ2) is 5.23. The number of hydrogen-bond acceptors (Lipinski definition) is 3. The third-order valence-electron chi connectivity index (χ3n) is 1.06. The van der Waals surface area contributed by atoms with Gasteiger partial charge in [0.2, 0.25) is 0 Å². The van der Waals surface area contributed by atoms with E-state index >= 15 is 0 Å². The fraction of sp³-hybridized carbons (Fsp3) is 0.714. The molecular weight excluding hydrogens is 130 g/mol. The van der Waals surface area contributed by atoms with E-state index in [4.69, 9.17) is 4.74 Å². The molecule has 0 spiro atoms. The summed E-state index contributed by atoms with van der Waals surface area (Å²) in [4.78, 5) is 10.8. The van der Waals surface area contributed by atoms with Gasteiger partial charge in [0.25, 0.3) is 0 Å². The summed E-state index contributed by atoms with van der Waals surface area (Å²) >= 11 is 0. The standard InChI is InChI=1S/C7H14NO2/c1-4-8-6(3)7(9)10-5-2/h4,6,8H,5H2,1-3H3. The molecule has 0 aromatic rings. The zero-order valence-corrected chi connectivity index (χ0v) is 6.68. The Kier molecular flexibility index (Phi) is 4.94. The maximum atomic E-state index is 10.8. The van der Waals surface area contributed by atoms with Crippen LogP contribution in [0.3, 0.4) is 0 Å². The summed E-state index contributed by atoms with van der Waals surface area (Å²) in [6.45, 7) is 7.55. The van der Waals surface area contributed by atoms with E-state index in [0.29, 0.717) is 6.61 Å². The van der Waals surface area contributed by atoms with E-state index in [0.717, 1.165) is 0 Å². The van der Waals surface area contributed by atoms with E-state index in [1.165, 1.54) is 0 Å². The van der Waals surface area contributed by atoms with Crippen molar-refractivity contribution in [3.8, 4) is 0 Å². The van der Waals surface area contributed by atoms with Crippen molar-refractivity contribution < 1.29 is 9.53 Å². The molecule has 0 aliphatic carbocycles. The lowest BCUT2D eigenvalue weighted by molar-refractivity contribution is -0.144. The average Bonchev–Trinajstić information content (AvgIpc) is 1.89. The van der Waals surface area contributed by atoms with Gasteiger partial charge in [0.15, 0.2) is 0 Å². The van der Waals surface area contributed by atoms with Crippen LogP contribution in [0, 0.1) is 6.54 Å². The Morgan fingerprint density at radius 3 is 2.80 bits per heavy atom. The Balaban J connectivity index is 3.49. The number of rotatable bonds is 4. The van der Waals surface area contributed by atoms with Gasteiger partial charge in [0.1, 0.15) is 6.04 Å². The molecule has 0 saturated carbocycles. The first-order valence-electron chi connectivity index (χ1n) is 3.42. The fourth-order valence-corrected chi connectivity index (χ4v) is 0.585. The Bertz CT molecular complexity index is 104. The van der Waals surface area contributed by atoms with Gasteiger partial charge in [-0.15, -0.1) is 0 Å². The molecule has 0 fully saturated rings. The van der Waals surface area contributed by atoms with Crippen molar-refractivity contribution in [3.05, 3.63) is 6.54 Å². The summed E-state index contributed by atoms with van der Waals surface area (Å²) in [5, 5.41) is 2.83. The minimum absolute atomic E-state index is 0.208. The molecule has 3 nitrogen and oxygen atoms in total. The molecule has 0 rings (SSSR count). The summed E-state index contributed by atoms with van der Waals surface area (Å²) in [6.07, 6.45) is 0.